The molecule has 3 heteroatoms. The smallest absolute Gasteiger partial charge is 0.338 e. The predicted octanol–water partition coefficient (Wildman–Crippen LogP) is 2.11. The first-order chi connectivity index (χ1) is 7.27. The van der Waals surface area contributed by atoms with Crippen molar-refractivity contribution < 1.29 is 14.6 Å². The van der Waals surface area contributed by atoms with Crippen molar-refractivity contribution >= 4 is 12.0 Å². The number of carbonyl (C=O) groups excluding carboxylic acids is 1. The van der Waals surface area contributed by atoms with E-state index >= 15 is 0 Å². The maximum atomic E-state index is 11.2. The third kappa shape index (κ3) is 4.42. The largest absolute Gasteiger partial charge is 0.462 e. The Morgan fingerprint density at radius 2 is 1.93 bits per heavy atom. The first kappa shape index (κ1) is 13.4. The Bertz CT molecular complexity index is 301. The minimum absolute atomic E-state index is 0.280. The molecule has 0 amide bonds. The SMILES string of the molecule is C=Cc1ccc(C(=O)OCC)cc1.CO. The molecule has 3 nitrogen and oxygen atoms in total. The highest BCUT2D eigenvalue weighted by Crippen LogP contribution is 2.06. The zero-order valence-corrected chi connectivity index (χ0v) is 9.06. The van der Waals surface area contributed by atoms with Crippen molar-refractivity contribution in [3.05, 3.63) is 42.0 Å². The number of aliphatic hydroxyl groups is 1. The molecular weight excluding hydrogens is 192 g/mol. The van der Waals surface area contributed by atoms with E-state index in [1.807, 2.05) is 12.1 Å². The van der Waals surface area contributed by atoms with E-state index in [0.717, 1.165) is 12.7 Å². The molecule has 0 unspecified atom stereocenters. The van der Waals surface area contributed by atoms with Gasteiger partial charge in [-0.25, -0.2) is 4.79 Å². The van der Waals surface area contributed by atoms with Gasteiger partial charge in [-0.3, -0.25) is 0 Å². The van der Waals surface area contributed by atoms with Crippen LogP contribution < -0.4 is 0 Å². The molecule has 0 spiro atoms. The average molecular weight is 208 g/mol. The molecule has 0 saturated carbocycles. The van der Waals surface area contributed by atoms with E-state index < -0.39 is 0 Å². The zero-order valence-electron chi connectivity index (χ0n) is 9.06. The molecule has 1 rings (SSSR count). The van der Waals surface area contributed by atoms with E-state index in [2.05, 4.69) is 6.58 Å². The standard InChI is InChI=1S/C11H12O2.CH4O/c1-3-9-5-7-10(8-6-9)11(12)13-4-2;1-2/h3,5-8H,1,4H2,2H3;2H,1H3. The van der Waals surface area contributed by atoms with Crippen LogP contribution >= 0.6 is 0 Å². The monoisotopic (exact) mass is 208 g/mol. The number of ether oxygens (including phenoxy) is 1. The molecule has 1 aromatic rings. The molecule has 1 aromatic carbocycles. The summed E-state index contributed by atoms with van der Waals surface area (Å²) in [5.41, 5.74) is 1.57. The van der Waals surface area contributed by atoms with Crippen LogP contribution in [0.4, 0.5) is 0 Å². The Morgan fingerprint density at radius 3 is 2.33 bits per heavy atom. The van der Waals surface area contributed by atoms with Crippen molar-refractivity contribution in [1.29, 1.82) is 0 Å². The molecule has 0 saturated heterocycles. The molecule has 0 heterocycles. The highest BCUT2D eigenvalue weighted by atomic mass is 16.5. The summed E-state index contributed by atoms with van der Waals surface area (Å²) in [7, 11) is 1.00. The van der Waals surface area contributed by atoms with E-state index in [4.69, 9.17) is 9.84 Å². The summed E-state index contributed by atoms with van der Waals surface area (Å²) in [6.45, 7) is 5.82. The van der Waals surface area contributed by atoms with Gasteiger partial charge >= 0.3 is 5.97 Å². The number of aliphatic hydroxyl groups excluding tert-OH is 1. The first-order valence-electron chi connectivity index (χ1n) is 4.62. The number of esters is 1. The third-order valence-corrected chi connectivity index (χ3v) is 1.66. The lowest BCUT2D eigenvalue weighted by Crippen LogP contribution is -2.03. The predicted molar refractivity (Wildman–Crippen MR) is 60.6 cm³/mol. The molecule has 0 aliphatic rings. The summed E-state index contributed by atoms with van der Waals surface area (Å²) in [6.07, 6.45) is 1.73. The van der Waals surface area contributed by atoms with Crippen LogP contribution in [-0.4, -0.2) is 24.8 Å². The van der Waals surface area contributed by atoms with Gasteiger partial charge in [-0.05, 0) is 24.6 Å². The molecular formula is C12H16O3. The van der Waals surface area contributed by atoms with Gasteiger partial charge in [0.05, 0.1) is 12.2 Å². The maximum Gasteiger partial charge on any atom is 0.338 e. The summed E-state index contributed by atoms with van der Waals surface area (Å²) in [6, 6.07) is 7.13. The number of rotatable bonds is 3. The summed E-state index contributed by atoms with van der Waals surface area (Å²) >= 11 is 0. The number of benzene rings is 1. The zero-order chi connectivity index (χ0) is 11.7. The van der Waals surface area contributed by atoms with Crippen LogP contribution in [0, 0.1) is 0 Å². The van der Waals surface area contributed by atoms with E-state index in [1.54, 1.807) is 25.1 Å². The minimum Gasteiger partial charge on any atom is -0.462 e. The first-order valence-corrected chi connectivity index (χ1v) is 4.62. The Kier molecular flexibility index (Phi) is 6.93. The quantitative estimate of drug-likeness (QED) is 0.774. The van der Waals surface area contributed by atoms with Gasteiger partial charge in [0, 0.05) is 7.11 Å². The van der Waals surface area contributed by atoms with Crippen LogP contribution in [0.2, 0.25) is 0 Å². The highest BCUT2D eigenvalue weighted by Gasteiger charge is 2.03. The third-order valence-electron chi connectivity index (χ3n) is 1.66. The molecule has 0 radical (unpaired) electrons. The number of carbonyl (C=O) groups is 1. The summed E-state index contributed by atoms with van der Waals surface area (Å²) in [5.74, 6) is -0.280. The normalized spacial score (nSPS) is 8.47. The summed E-state index contributed by atoms with van der Waals surface area (Å²) in [4.78, 5) is 11.2. The van der Waals surface area contributed by atoms with Gasteiger partial charge in [-0.2, -0.15) is 0 Å². The average Bonchev–Trinajstić information content (AvgIpc) is 2.32. The van der Waals surface area contributed by atoms with E-state index in [-0.39, 0.29) is 5.97 Å². The van der Waals surface area contributed by atoms with Crippen LogP contribution in [0.5, 0.6) is 0 Å². The molecule has 1 N–H and O–H groups in total. The molecule has 0 atom stereocenters. The van der Waals surface area contributed by atoms with Gasteiger partial charge in [0.2, 0.25) is 0 Å². The van der Waals surface area contributed by atoms with Gasteiger partial charge in [0.15, 0.2) is 0 Å². The molecule has 82 valence electrons. The van der Waals surface area contributed by atoms with Crippen LogP contribution in [0.3, 0.4) is 0 Å². The van der Waals surface area contributed by atoms with Gasteiger partial charge in [0.25, 0.3) is 0 Å². The molecule has 0 aromatic heterocycles. The second kappa shape index (κ2) is 7.76. The van der Waals surface area contributed by atoms with Crippen molar-refractivity contribution in [3.8, 4) is 0 Å². The lowest BCUT2D eigenvalue weighted by molar-refractivity contribution is 0.0526. The van der Waals surface area contributed by atoms with Gasteiger partial charge in [0.1, 0.15) is 0 Å². The molecule has 15 heavy (non-hydrogen) atoms. The van der Waals surface area contributed by atoms with Crippen LogP contribution in [0.15, 0.2) is 30.8 Å². The second-order valence-electron chi connectivity index (χ2n) is 2.55. The Balaban J connectivity index is 0.000000921. The summed E-state index contributed by atoms with van der Waals surface area (Å²) in [5, 5.41) is 7.00. The molecule has 0 bridgehead atoms. The van der Waals surface area contributed by atoms with Crippen molar-refractivity contribution in [2.75, 3.05) is 13.7 Å². The minimum atomic E-state index is -0.280. The topological polar surface area (TPSA) is 46.5 Å². The van der Waals surface area contributed by atoms with Crippen molar-refractivity contribution in [2.24, 2.45) is 0 Å². The number of hydrogen-bond acceptors (Lipinski definition) is 3. The molecule has 0 aliphatic carbocycles. The fraction of sp³-hybridized carbons (Fsp3) is 0.250. The Morgan fingerprint density at radius 1 is 1.40 bits per heavy atom. The fourth-order valence-corrected chi connectivity index (χ4v) is 0.970. The van der Waals surface area contributed by atoms with Crippen LogP contribution in [0.1, 0.15) is 22.8 Å². The Hall–Kier alpha value is -1.61. The van der Waals surface area contributed by atoms with E-state index in [9.17, 15) is 4.79 Å². The molecule has 0 aliphatic heterocycles. The highest BCUT2D eigenvalue weighted by molar-refractivity contribution is 5.89. The summed E-state index contributed by atoms with van der Waals surface area (Å²) < 4.78 is 4.84. The van der Waals surface area contributed by atoms with Gasteiger partial charge in [-0.15, -0.1) is 0 Å². The maximum absolute atomic E-state index is 11.2. The van der Waals surface area contributed by atoms with Crippen molar-refractivity contribution in [3.63, 3.8) is 0 Å². The van der Waals surface area contributed by atoms with Crippen molar-refractivity contribution in [1.82, 2.24) is 0 Å². The van der Waals surface area contributed by atoms with E-state index in [1.165, 1.54) is 0 Å². The van der Waals surface area contributed by atoms with Gasteiger partial charge in [-0.1, -0.05) is 24.8 Å². The van der Waals surface area contributed by atoms with Crippen molar-refractivity contribution in [2.45, 2.75) is 6.92 Å². The fourth-order valence-electron chi connectivity index (χ4n) is 0.970. The van der Waals surface area contributed by atoms with E-state index in [0.29, 0.717) is 12.2 Å². The molecule has 0 fully saturated rings. The van der Waals surface area contributed by atoms with Crippen LogP contribution in [-0.2, 0) is 4.74 Å². The lowest BCUT2D eigenvalue weighted by Gasteiger charge is -2.01. The van der Waals surface area contributed by atoms with Crippen LogP contribution in [0.25, 0.3) is 6.08 Å². The Labute approximate surface area is 90.0 Å². The van der Waals surface area contributed by atoms with Gasteiger partial charge < -0.3 is 9.84 Å². The number of hydrogen-bond donors (Lipinski definition) is 1. The lowest BCUT2D eigenvalue weighted by atomic mass is 10.1. The second-order valence-corrected chi connectivity index (χ2v) is 2.55.